The smallest absolute Gasteiger partial charge is 0.137 e. The van der Waals surface area contributed by atoms with Gasteiger partial charge >= 0.3 is 0 Å². The molecular weight excluding hydrogens is 243 g/mol. The molecule has 0 radical (unpaired) electrons. The molecule has 0 spiro atoms. The molecule has 0 aliphatic rings. The van der Waals surface area contributed by atoms with Gasteiger partial charge in [-0.05, 0) is 18.1 Å². The summed E-state index contributed by atoms with van der Waals surface area (Å²) < 4.78 is 0. The molecule has 0 aliphatic carbocycles. The van der Waals surface area contributed by atoms with E-state index in [2.05, 4.69) is 6.92 Å². The molecule has 0 saturated carbocycles. The van der Waals surface area contributed by atoms with Gasteiger partial charge in [-0.1, -0.05) is 55.1 Å². The molecular formula is C13H16Cl2O. The lowest BCUT2D eigenvalue weighted by atomic mass is 10.0. The molecule has 0 atom stereocenters. The number of hydrogen-bond donors (Lipinski definition) is 0. The second-order valence-electron chi connectivity index (χ2n) is 3.89. The zero-order valence-electron chi connectivity index (χ0n) is 9.43. The Balaban J connectivity index is 2.53. The molecule has 0 aliphatic heterocycles. The Morgan fingerprint density at radius 1 is 1.25 bits per heavy atom. The molecule has 0 N–H and O–H groups in total. The molecule has 0 unspecified atom stereocenters. The number of Topliss-reactive ketones (excluding diaryl/α,β-unsaturated/α-hetero) is 1. The van der Waals surface area contributed by atoms with Crippen molar-refractivity contribution in [1.29, 1.82) is 0 Å². The van der Waals surface area contributed by atoms with Crippen LogP contribution in [-0.2, 0) is 11.2 Å². The van der Waals surface area contributed by atoms with E-state index in [1.54, 1.807) is 6.07 Å². The molecule has 88 valence electrons. The monoisotopic (exact) mass is 258 g/mol. The van der Waals surface area contributed by atoms with E-state index in [1.165, 1.54) is 0 Å². The summed E-state index contributed by atoms with van der Waals surface area (Å²) in [5.41, 5.74) is 0.829. The standard InChI is InChI=1S/C13H16Cl2O/c1-2-3-4-7-11(16)9-10-6-5-8-12(14)13(10)15/h5-6,8H,2-4,7,9H2,1H3. The summed E-state index contributed by atoms with van der Waals surface area (Å²) in [5.74, 6) is 0.234. The summed E-state index contributed by atoms with van der Waals surface area (Å²) in [6.45, 7) is 2.12. The summed E-state index contributed by atoms with van der Waals surface area (Å²) in [4.78, 5) is 11.6. The van der Waals surface area contributed by atoms with Gasteiger partial charge in [0.25, 0.3) is 0 Å². The van der Waals surface area contributed by atoms with E-state index in [9.17, 15) is 4.79 Å². The van der Waals surface area contributed by atoms with E-state index < -0.39 is 0 Å². The predicted octanol–water partition coefficient (Wildman–Crippen LogP) is 4.69. The summed E-state index contributed by atoms with van der Waals surface area (Å²) in [6, 6.07) is 5.41. The number of rotatable bonds is 6. The maximum Gasteiger partial charge on any atom is 0.137 e. The van der Waals surface area contributed by atoms with Crippen LogP contribution in [0.4, 0.5) is 0 Å². The van der Waals surface area contributed by atoms with Crippen molar-refractivity contribution in [3.63, 3.8) is 0 Å². The summed E-state index contributed by atoms with van der Waals surface area (Å²) in [6.07, 6.45) is 4.23. The normalized spacial score (nSPS) is 10.4. The lowest BCUT2D eigenvalue weighted by Gasteiger charge is -2.04. The average molecular weight is 259 g/mol. The number of ketones is 1. The number of unbranched alkanes of at least 4 members (excludes halogenated alkanes) is 2. The highest BCUT2D eigenvalue weighted by Crippen LogP contribution is 2.26. The number of halogens is 2. The minimum atomic E-state index is 0.234. The lowest BCUT2D eigenvalue weighted by Crippen LogP contribution is -2.03. The van der Waals surface area contributed by atoms with E-state index in [0.717, 1.165) is 24.8 Å². The molecule has 0 saturated heterocycles. The first-order valence-corrected chi connectivity index (χ1v) is 6.35. The van der Waals surface area contributed by atoms with Crippen LogP contribution < -0.4 is 0 Å². The Hall–Kier alpha value is -0.530. The average Bonchev–Trinajstić information content (AvgIpc) is 2.25. The Morgan fingerprint density at radius 3 is 2.69 bits per heavy atom. The summed E-state index contributed by atoms with van der Waals surface area (Å²) in [7, 11) is 0. The van der Waals surface area contributed by atoms with Crippen LogP contribution in [0.1, 0.15) is 38.2 Å². The van der Waals surface area contributed by atoms with E-state index in [-0.39, 0.29) is 5.78 Å². The van der Waals surface area contributed by atoms with Gasteiger partial charge in [-0.25, -0.2) is 0 Å². The third-order valence-corrected chi connectivity index (χ3v) is 3.34. The van der Waals surface area contributed by atoms with Crippen molar-refractivity contribution in [2.75, 3.05) is 0 Å². The molecule has 16 heavy (non-hydrogen) atoms. The Labute approximate surface area is 107 Å². The summed E-state index contributed by atoms with van der Waals surface area (Å²) in [5, 5.41) is 1.02. The van der Waals surface area contributed by atoms with Gasteiger partial charge in [-0.2, -0.15) is 0 Å². The third-order valence-electron chi connectivity index (χ3n) is 2.48. The lowest BCUT2D eigenvalue weighted by molar-refractivity contribution is -0.118. The highest BCUT2D eigenvalue weighted by Gasteiger charge is 2.08. The van der Waals surface area contributed by atoms with E-state index in [1.807, 2.05) is 12.1 Å². The van der Waals surface area contributed by atoms with Crippen LogP contribution in [0.5, 0.6) is 0 Å². The van der Waals surface area contributed by atoms with Crippen molar-refractivity contribution < 1.29 is 4.79 Å². The fourth-order valence-corrected chi connectivity index (χ4v) is 1.94. The molecule has 1 aromatic carbocycles. The van der Waals surface area contributed by atoms with Gasteiger partial charge in [0.15, 0.2) is 0 Å². The highest BCUT2D eigenvalue weighted by atomic mass is 35.5. The van der Waals surface area contributed by atoms with Gasteiger partial charge in [-0.3, -0.25) is 4.79 Å². The van der Waals surface area contributed by atoms with Crippen LogP contribution >= 0.6 is 23.2 Å². The molecule has 1 nitrogen and oxygen atoms in total. The van der Waals surface area contributed by atoms with Gasteiger partial charge in [0.2, 0.25) is 0 Å². The highest BCUT2D eigenvalue weighted by molar-refractivity contribution is 6.42. The van der Waals surface area contributed by atoms with Crippen LogP contribution in [0.15, 0.2) is 18.2 Å². The van der Waals surface area contributed by atoms with Gasteiger partial charge in [0, 0.05) is 12.8 Å². The van der Waals surface area contributed by atoms with Crippen LogP contribution in [0, 0.1) is 0 Å². The van der Waals surface area contributed by atoms with Gasteiger partial charge in [-0.15, -0.1) is 0 Å². The first kappa shape index (κ1) is 13.5. The van der Waals surface area contributed by atoms with Crippen LogP contribution in [0.2, 0.25) is 10.0 Å². The van der Waals surface area contributed by atoms with Gasteiger partial charge in [0.05, 0.1) is 10.0 Å². The molecule has 0 amide bonds. The van der Waals surface area contributed by atoms with Crippen LogP contribution in [0.25, 0.3) is 0 Å². The quantitative estimate of drug-likeness (QED) is 0.677. The number of carbonyl (C=O) groups is 1. The summed E-state index contributed by atoms with van der Waals surface area (Å²) >= 11 is 11.9. The zero-order chi connectivity index (χ0) is 12.0. The number of benzene rings is 1. The molecule has 0 fully saturated rings. The minimum absolute atomic E-state index is 0.234. The predicted molar refractivity (Wildman–Crippen MR) is 69.3 cm³/mol. The maximum absolute atomic E-state index is 11.6. The first-order chi connectivity index (χ1) is 7.65. The van der Waals surface area contributed by atoms with E-state index in [0.29, 0.717) is 22.9 Å². The second kappa shape index (κ2) is 6.93. The first-order valence-electron chi connectivity index (χ1n) is 5.59. The molecule has 0 heterocycles. The molecule has 0 bridgehead atoms. The van der Waals surface area contributed by atoms with E-state index >= 15 is 0 Å². The van der Waals surface area contributed by atoms with Crippen LogP contribution in [-0.4, -0.2) is 5.78 Å². The zero-order valence-corrected chi connectivity index (χ0v) is 10.9. The van der Waals surface area contributed by atoms with Crippen molar-refractivity contribution in [2.24, 2.45) is 0 Å². The van der Waals surface area contributed by atoms with Crippen molar-refractivity contribution in [1.82, 2.24) is 0 Å². The molecule has 3 heteroatoms. The molecule has 0 aromatic heterocycles. The minimum Gasteiger partial charge on any atom is -0.299 e. The number of hydrogen-bond acceptors (Lipinski definition) is 1. The van der Waals surface area contributed by atoms with Crippen molar-refractivity contribution >= 4 is 29.0 Å². The van der Waals surface area contributed by atoms with E-state index in [4.69, 9.17) is 23.2 Å². The third kappa shape index (κ3) is 4.15. The Bertz CT molecular complexity index is 361. The largest absolute Gasteiger partial charge is 0.299 e. The van der Waals surface area contributed by atoms with Gasteiger partial charge in [0.1, 0.15) is 5.78 Å². The number of carbonyl (C=O) groups excluding carboxylic acids is 1. The van der Waals surface area contributed by atoms with Crippen LogP contribution in [0.3, 0.4) is 0 Å². The Morgan fingerprint density at radius 2 is 2.00 bits per heavy atom. The van der Waals surface area contributed by atoms with Gasteiger partial charge < -0.3 is 0 Å². The topological polar surface area (TPSA) is 17.1 Å². The fourth-order valence-electron chi connectivity index (χ4n) is 1.56. The Kier molecular flexibility index (Phi) is 5.86. The SMILES string of the molecule is CCCCCC(=O)Cc1cccc(Cl)c1Cl. The van der Waals surface area contributed by atoms with Crippen molar-refractivity contribution in [3.8, 4) is 0 Å². The molecule has 1 rings (SSSR count). The molecule has 1 aromatic rings. The fraction of sp³-hybridized carbons (Fsp3) is 0.462. The van der Waals surface area contributed by atoms with Crippen molar-refractivity contribution in [3.05, 3.63) is 33.8 Å². The van der Waals surface area contributed by atoms with Crippen molar-refractivity contribution in [2.45, 2.75) is 39.0 Å². The second-order valence-corrected chi connectivity index (χ2v) is 4.67. The maximum atomic E-state index is 11.6.